The van der Waals surface area contributed by atoms with E-state index >= 15 is 38.4 Å². The van der Waals surface area contributed by atoms with Gasteiger partial charge in [-0.1, -0.05) is 88.1 Å². The minimum absolute atomic E-state index is 0.0296. The number of aliphatic hydroxyl groups is 2. The number of aliphatic carboxylic acids is 1. The number of nitrogens with two attached hydrogens (primary N) is 4. The molecule has 3 fully saturated rings. The minimum Gasteiger partial charge on any atom is -0.508 e. The minimum atomic E-state index is -2.00. The number of carbonyl (C=O) groups is 19. The van der Waals surface area contributed by atoms with E-state index in [9.17, 15) is 73.2 Å². The van der Waals surface area contributed by atoms with Gasteiger partial charge in [0.2, 0.25) is 106 Å². The Morgan fingerprint density at radius 1 is 0.551 bits per heavy atom. The molecule has 15 atom stereocenters. The van der Waals surface area contributed by atoms with E-state index in [1.54, 1.807) is 54.7 Å². The fourth-order valence-electron chi connectivity index (χ4n) is 16.9. The average Bonchev–Trinajstić information content (AvgIpc) is 1.63. The molecule has 3 aromatic carbocycles. The van der Waals surface area contributed by atoms with Gasteiger partial charge in [0.1, 0.15) is 96.9 Å². The van der Waals surface area contributed by atoms with Crippen molar-refractivity contribution < 1.29 is 112 Å². The first-order valence-corrected chi connectivity index (χ1v) is 46.8. The number of likely N-dealkylation sites (N-methyl/N-ethyl adjacent to an activating group) is 3. The third-order valence-electron chi connectivity index (χ3n) is 24.5. The molecule has 18 amide bonds. The Morgan fingerprint density at radius 2 is 1.13 bits per heavy atom. The summed E-state index contributed by atoms with van der Waals surface area (Å²) >= 11 is 0.752. The van der Waals surface area contributed by atoms with Crippen LogP contribution in [0.5, 0.6) is 5.75 Å². The number of carboxylic acid groups (broad SMARTS) is 1. The zero-order chi connectivity index (χ0) is 101. The van der Waals surface area contributed by atoms with Crippen LogP contribution in [-0.4, -0.2) is 333 Å². The largest absolute Gasteiger partial charge is 0.508 e. The number of aliphatic hydroxyl groups excluding tert-OH is 2. The number of phenols is 1. The second kappa shape index (κ2) is 51.2. The molecule has 0 bridgehead atoms. The highest BCUT2D eigenvalue weighted by Gasteiger charge is 2.47. The van der Waals surface area contributed by atoms with E-state index < -0.39 is 286 Å². The fourth-order valence-corrected chi connectivity index (χ4v) is 17.7. The predicted octanol–water partition coefficient (Wildman–Crippen LogP) is -4.68. The molecule has 3 aliphatic rings. The van der Waals surface area contributed by atoms with Crippen molar-refractivity contribution in [2.45, 2.75) is 234 Å². The van der Waals surface area contributed by atoms with Crippen LogP contribution < -0.4 is 76.1 Å². The van der Waals surface area contributed by atoms with E-state index in [0.29, 0.717) is 57.8 Å². The topological polar surface area (TPSA) is 695 Å². The molecule has 3 aromatic heterocycles. The number of aromatic nitrogens is 4. The van der Waals surface area contributed by atoms with Crippen LogP contribution in [0, 0.1) is 0 Å². The number of nitrogens with zero attached hydrogens (tertiary/aromatic N) is 7. The van der Waals surface area contributed by atoms with Gasteiger partial charge in [-0.3, -0.25) is 91.1 Å². The lowest BCUT2D eigenvalue weighted by Gasteiger charge is -2.36. The first-order chi connectivity index (χ1) is 65.7. The Bertz CT molecular complexity index is 5380. The molecule has 3 aliphatic heterocycles. The number of aromatic hydroxyl groups is 1. The van der Waals surface area contributed by atoms with Gasteiger partial charge in [0.25, 0.3) is 0 Å². The second-order valence-corrected chi connectivity index (χ2v) is 35.6. The molecule has 47 heteroatoms. The summed E-state index contributed by atoms with van der Waals surface area (Å²) in [4.78, 5) is 291. The first kappa shape index (κ1) is 108. The number of unbranched alkanes of at least 4 members (excludes halogenated alkanes) is 2. The van der Waals surface area contributed by atoms with E-state index in [-0.39, 0.29) is 75.9 Å². The van der Waals surface area contributed by atoms with Gasteiger partial charge in [-0.2, -0.15) is 0 Å². The SMILES string of the molecule is CCCC[C@H]1C(=O)N(C)[C@@H](CCCC)C(=O)N[C@@H](CCCN)C(=O)N[C@H](C(=O)NCC(N)=O)CSCC(=O)N[C@@H](Cc2ccc(O)cc2)C(=O)N(C)[C@@H](C)C(=O)N[C@@H](CC(N)=O)C(=O)N2CCC[C@H]2C(=O)N[C@@H](Cc2c[nH]cn2)C(=O)N[C@@H](CCC(N)=O)C(=O)N2C[C@H](O)C[C@H]2C(=O)N[C@@H](Cc2c[nH]c3ccccc23)C(=O)N[C@@H](CO)C(=O)N[C@@H](Cc2cn(CC(=O)O)c3ccccc23)C(=O)N1C. The van der Waals surface area contributed by atoms with Crippen molar-refractivity contribution in [3.8, 4) is 5.75 Å². The van der Waals surface area contributed by atoms with Crippen molar-refractivity contribution in [3.05, 3.63) is 120 Å². The molecule has 6 heterocycles. The number of amides is 18. The van der Waals surface area contributed by atoms with Gasteiger partial charge in [-0.25, -0.2) is 4.98 Å². The molecular weight excluding hydrogens is 1820 g/mol. The molecule has 3 saturated heterocycles. The second-order valence-electron chi connectivity index (χ2n) is 34.6. The molecule has 0 radical (unpaired) electrons. The standard InChI is InChI=1S/C91H125N23O23S/c1-7-9-21-69-84(130)101-59(20-15-31-92)80(126)108-67(79(125)98-41-75(95)120)46-138-47-76(121)100-63(33-50-25-27-54(116)28-26-50)87(133)109(4)49(3)78(124)105-65(38-74(94)119)90(136)113-32-16-24-70(113)85(131)104-62(36-53-40-96-48-99-53)82(128)102-60(29-30-73(93)118)89(135)114-43-55(117)37-72(114)86(132)103-61(34-51-39-97-58-19-13-11-17-56(51)58)81(127)107-66(45-115)83(129)106-64(88(134)111(6)71(22-10-8-2)91(137)110(69)5)35-52-42-112(44-77(122)123)68-23-14-12-18-57(52)68/h11-14,17-19,23,25-28,39-40,42,48-49,55,59-67,69-72,97,115-117H,7-10,15-16,20-22,24,29-38,41,43-47,92H2,1-6H3,(H2,93,118)(H2,94,119)(H2,95,120)(H,96,99)(H,98,125)(H,100,121)(H,101,130)(H,102,128)(H,103,132)(H,104,131)(H,105,124)(H,106,129)(H,107,127)(H,108,126)(H,122,123)/t49-,55+,59-,60-,61-,62-,63-,64-,65-,66-,67-,69-,70-,71-,72-/m0/s1. The fraction of sp³-hybridized carbons (Fsp3) is 0.516. The summed E-state index contributed by atoms with van der Waals surface area (Å²) in [6.07, 6.45) is 1.39. The number of para-hydroxylation sites is 2. The lowest BCUT2D eigenvalue weighted by Crippen LogP contribution is -2.62. The lowest BCUT2D eigenvalue weighted by molar-refractivity contribution is -0.149. The van der Waals surface area contributed by atoms with E-state index in [1.165, 1.54) is 75.6 Å². The summed E-state index contributed by atoms with van der Waals surface area (Å²) in [5.74, 6) is -20.6. The van der Waals surface area contributed by atoms with Crippen molar-refractivity contribution in [1.29, 1.82) is 0 Å². The quantitative estimate of drug-likeness (QED) is 0.0220. The molecule has 0 spiro atoms. The smallest absolute Gasteiger partial charge is 0.323 e. The summed E-state index contributed by atoms with van der Waals surface area (Å²) in [6.45, 7) is 1.58. The van der Waals surface area contributed by atoms with Crippen LogP contribution in [0.3, 0.4) is 0 Å². The van der Waals surface area contributed by atoms with Crippen molar-refractivity contribution in [2.75, 3.05) is 65.4 Å². The normalized spacial score (nSPS) is 24.4. The third kappa shape index (κ3) is 29.5. The molecule has 0 saturated carbocycles. The maximum atomic E-state index is 15.9. The van der Waals surface area contributed by atoms with Crippen LogP contribution in [0.2, 0.25) is 0 Å². The van der Waals surface area contributed by atoms with Crippen molar-refractivity contribution in [3.63, 3.8) is 0 Å². The number of fused-ring (bicyclic) bond motifs is 4. The molecule has 748 valence electrons. The van der Waals surface area contributed by atoms with Gasteiger partial charge in [0, 0.05) is 119 Å². The molecule has 24 N–H and O–H groups in total. The number of carboxylic acids is 1. The summed E-state index contributed by atoms with van der Waals surface area (Å²) in [6, 6.07) is -4.22. The number of hydrogen-bond acceptors (Lipinski definition) is 25. The zero-order valence-corrected chi connectivity index (χ0v) is 78.5. The van der Waals surface area contributed by atoms with E-state index in [0.717, 1.165) is 36.3 Å². The Kier molecular flexibility index (Phi) is 39.9. The number of imidazole rings is 1. The summed E-state index contributed by atoms with van der Waals surface area (Å²) in [7, 11) is 3.78. The third-order valence-corrected chi connectivity index (χ3v) is 25.5. The van der Waals surface area contributed by atoms with Gasteiger partial charge in [0.15, 0.2) is 0 Å². The van der Waals surface area contributed by atoms with E-state index in [2.05, 4.69) is 68.1 Å². The monoisotopic (exact) mass is 1940 g/mol. The highest BCUT2D eigenvalue weighted by Crippen LogP contribution is 2.29. The predicted molar refractivity (Wildman–Crippen MR) is 499 cm³/mol. The number of nitrogens with one attached hydrogen (secondary N) is 12. The van der Waals surface area contributed by atoms with Crippen LogP contribution >= 0.6 is 11.8 Å². The van der Waals surface area contributed by atoms with Crippen LogP contribution in [-0.2, 0) is 123 Å². The molecule has 0 aliphatic carbocycles. The van der Waals surface area contributed by atoms with Gasteiger partial charge in [0.05, 0.1) is 43.5 Å². The lowest BCUT2D eigenvalue weighted by atomic mass is 10.00. The number of benzene rings is 3. The number of carbonyl (C=O) groups excluding carboxylic acids is 18. The Balaban J connectivity index is 1.12. The Labute approximate surface area is 798 Å². The maximum absolute atomic E-state index is 15.9. The number of phenolic OH excluding ortho intramolecular Hbond substituents is 1. The van der Waals surface area contributed by atoms with Crippen LogP contribution in [0.1, 0.15) is 133 Å². The van der Waals surface area contributed by atoms with E-state index in [1.807, 2.05) is 13.8 Å². The van der Waals surface area contributed by atoms with Gasteiger partial charge in [-0.05, 0) is 99.4 Å². The Morgan fingerprint density at radius 3 is 1.78 bits per heavy atom. The van der Waals surface area contributed by atoms with Crippen molar-refractivity contribution in [2.24, 2.45) is 22.9 Å². The van der Waals surface area contributed by atoms with Gasteiger partial charge < -0.3 is 136 Å². The average molecular weight is 1940 g/mol. The molecular formula is C91H125N23O23S. The number of primary amides is 3. The molecule has 138 heavy (non-hydrogen) atoms. The molecule has 9 rings (SSSR count). The first-order valence-electron chi connectivity index (χ1n) is 45.7. The van der Waals surface area contributed by atoms with Gasteiger partial charge >= 0.3 is 5.97 Å². The Hall–Kier alpha value is -14.1. The van der Waals surface area contributed by atoms with E-state index in [4.69, 9.17) is 22.9 Å². The van der Waals surface area contributed by atoms with Crippen molar-refractivity contribution >= 4 is 146 Å². The molecule has 6 aromatic rings. The number of rotatable bonds is 28. The number of H-pyrrole nitrogens is 2. The van der Waals surface area contributed by atoms with Crippen LogP contribution in [0.4, 0.5) is 0 Å². The van der Waals surface area contributed by atoms with Crippen molar-refractivity contribution in [1.82, 2.24) is 97.2 Å². The highest BCUT2D eigenvalue weighted by atomic mass is 32.2. The highest BCUT2D eigenvalue weighted by molar-refractivity contribution is 8.00. The number of thioether (sulfide) groups is 1. The maximum Gasteiger partial charge on any atom is 0.323 e. The summed E-state index contributed by atoms with van der Waals surface area (Å²) < 4.78 is 1.39. The zero-order valence-electron chi connectivity index (χ0n) is 77.7. The number of hydrogen-bond donors (Lipinski definition) is 20. The van der Waals surface area contributed by atoms with Gasteiger partial charge in [-0.15, -0.1) is 11.8 Å². The van der Waals surface area contributed by atoms with Crippen LogP contribution in [0.15, 0.2) is 97.7 Å². The summed E-state index contributed by atoms with van der Waals surface area (Å²) in [5, 5.41) is 69.9. The number of aromatic amines is 2. The summed E-state index contributed by atoms with van der Waals surface area (Å²) in [5.41, 5.74) is 25.0. The molecule has 46 nitrogen and oxygen atoms in total. The molecule has 0 unspecified atom stereocenters. The van der Waals surface area contributed by atoms with Crippen LogP contribution in [0.25, 0.3) is 21.8 Å².